The molecular formula is C13H12F3N3S. The van der Waals surface area contributed by atoms with E-state index in [1.807, 2.05) is 0 Å². The van der Waals surface area contributed by atoms with E-state index < -0.39 is 11.7 Å². The Morgan fingerprint density at radius 3 is 2.45 bits per heavy atom. The average molecular weight is 299 g/mol. The number of alkyl halides is 3. The predicted molar refractivity (Wildman–Crippen MR) is 70.4 cm³/mol. The van der Waals surface area contributed by atoms with E-state index >= 15 is 0 Å². The Hall–Kier alpha value is -1.60. The normalized spacial score (nSPS) is 11.6. The van der Waals surface area contributed by atoms with Gasteiger partial charge in [-0.05, 0) is 48.5 Å². The van der Waals surface area contributed by atoms with Gasteiger partial charge < -0.3 is 5.73 Å². The van der Waals surface area contributed by atoms with E-state index in [0.29, 0.717) is 18.5 Å². The highest BCUT2D eigenvalue weighted by Crippen LogP contribution is 2.39. The molecule has 0 saturated carbocycles. The molecule has 1 heterocycles. The van der Waals surface area contributed by atoms with Crippen LogP contribution in [0, 0.1) is 0 Å². The second kappa shape index (κ2) is 6.23. The maximum Gasteiger partial charge on any atom is 0.417 e. The molecule has 0 bridgehead atoms. The van der Waals surface area contributed by atoms with Gasteiger partial charge in [0.1, 0.15) is 0 Å². The molecule has 0 aliphatic carbocycles. The number of nitrogens with two attached hydrogens (primary N) is 1. The lowest BCUT2D eigenvalue weighted by Crippen LogP contribution is -2.09. The van der Waals surface area contributed by atoms with Crippen LogP contribution in [0.4, 0.5) is 13.2 Å². The summed E-state index contributed by atoms with van der Waals surface area (Å²) in [6.07, 6.45) is -1.02. The SMILES string of the molecule is NCCc1ccc(Sc2ncccn2)c(C(F)(F)F)c1. The summed E-state index contributed by atoms with van der Waals surface area (Å²) in [7, 11) is 0. The lowest BCUT2D eigenvalue weighted by Gasteiger charge is -2.13. The number of rotatable bonds is 4. The Labute approximate surface area is 118 Å². The molecular weight excluding hydrogens is 287 g/mol. The topological polar surface area (TPSA) is 51.8 Å². The molecule has 3 nitrogen and oxygen atoms in total. The van der Waals surface area contributed by atoms with E-state index in [-0.39, 0.29) is 10.1 Å². The standard InChI is InChI=1S/C13H12F3N3S/c14-13(15,16)10-8-9(4-5-17)2-3-11(10)20-12-18-6-1-7-19-12/h1-3,6-8H,4-5,17H2. The van der Waals surface area contributed by atoms with Gasteiger partial charge in [0, 0.05) is 17.3 Å². The number of halogens is 3. The molecule has 0 unspecified atom stereocenters. The predicted octanol–water partition coefficient (Wildman–Crippen LogP) is 3.15. The van der Waals surface area contributed by atoms with Crippen molar-refractivity contribution in [3.05, 3.63) is 47.8 Å². The lowest BCUT2D eigenvalue weighted by atomic mass is 10.1. The fraction of sp³-hybridized carbons (Fsp3) is 0.231. The summed E-state index contributed by atoms with van der Waals surface area (Å²) in [5, 5.41) is 0.282. The van der Waals surface area contributed by atoms with Crippen molar-refractivity contribution < 1.29 is 13.2 Å². The van der Waals surface area contributed by atoms with Crippen LogP contribution in [0.5, 0.6) is 0 Å². The van der Waals surface area contributed by atoms with Crippen molar-refractivity contribution in [1.29, 1.82) is 0 Å². The molecule has 1 aromatic heterocycles. The molecule has 2 rings (SSSR count). The number of nitrogens with zero attached hydrogens (tertiary/aromatic N) is 2. The fourth-order valence-electron chi connectivity index (χ4n) is 1.65. The minimum Gasteiger partial charge on any atom is -0.330 e. The van der Waals surface area contributed by atoms with Crippen LogP contribution in [0.1, 0.15) is 11.1 Å². The Bertz CT molecular complexity index is 573. The van der Waals surface area contributed by atoms with Crippen LogP contribution >= 0.6 is 11.8 Å². The van der Waals surface area contributed by atoms with Gasteiger partial charge in [-0.25, -0.2) is 9.97 Å². The van der Waals surface area contributed by atoms with Crippen molar-refractivity contribution in [2.75, 3.05) is 6.54 Å². The van der Waals surface area contributed by atoms with Gasteiger partial charge in [0.15, 0.2) is 5.16 Å². The first-order valence-corrected chi connectivity index (χ1v) is 6.67. The van der Waals surface area contributed by atoms with E-state index in [9.17, 15) is 13.2 Å². The lowest BCUT2D eigenvalue weighted by molar-refractivity contribution is -0.139. The van der Waals surface area contributed by atoms with Crippen LogP contribution in [0.2, 0.25) is 0 Å². The summed E-state index contributed by atoms with van der Waals surface area (Å²) in [5.41, 5.74) is 5.26. The van der Waals surface area contributed by atoms with Gasteiger partial charge in [-0.2, -0.15) is 13.2 Å². The second-order valence-corrected chi connectivity index (χ2v) is 5.01. The molecule has 1 aromatic carbocycles. The molecule has 106 valence electrons. The number of benzene rings is 1. The summed E-state index contributed by atoms with van der Waals surface area (Å²) in [5.74, 6) is 0. The van der Waals surface area contributed by atoms with Crippen LogP contribution in [-0.4, -0.2) is 16.5 Å². The first kappa shape index (κ1) is 14.8. The van der Waals surface area contributed by atoms with Crippen LogP contribution in [0.3, 0.4) is 0 Å². The van der Waals surface area contributed by atoms with E-state index in [0.717, 1.165) is 17.8 Å². The summed E-state index contributed by atoms with van der Waals surface area (Å²) in [4.78, 5) is 7.93. The molecule has 0 atom stereocenters. The van der Waals surface area contributed by atoms with Gasteiger partial charge in [0.05, 0.1) is 5.56 Å². The third-order valence-corrected chi connectivity index (χ3v) is 3.50. The summed E-state index contributed by atoms with van der Waals surface area (Å²) >= 11 is 0.894. The fourth-order valence-corrected chi connectivity index (χ4v) is 2.49. The monoisotopic (exact) mass is 299 g/mol. The van der Waals surface area contributed by atoms with Crippen molar-refractivity contribution in [2.24, 2.45) is 5.73 Å². The molecule has 2 N–H and O–H groups in total. The Morgan fingerprint density at radius 2 is 1.85 bits per heavy atom. The highest BCUT2D eigenvalue weighted by molar-refractivity contribution is 7.99. The Kier molecular flexibility index (Phi) is 4.61. The Balaban J connectivity index is 2.37. The first-order valence-electron chi connectivity index (χ1n) is 5.86. The highest BCUT2D eigenvalue weighted by Gasteiger charge is 2.34. The quantitative estimate of drug-likeness (QED) is 0.881. The maximum atomic E-state index is 13.1. The van der Waals surface area contributed by atoms with Gasteiger partial charge in [0.25, 0.3) is 0 Å². The van der Waals surface area contributed by atoms with Gasteiger partial charge in [-0.15, -0.1) is 0 Å². The average Bonchev–Trinajstić information content (AvgIpc) is 2.41. The summed E-state index contributed by atoms with van der Waals surface area (Å²) in [6, 6.07) is 5.83. The zero-order valence-corrected chi connectivity index (χ0v) is 11.2. The molecule has 0 fully saturated rings. The van der Waals surface area contributed by atoms with Gasteiger partial charge in [0.2, 0.25) is 0 Å². The van der Waals surface area contributed by atoms with Crippen LogP contribution in [0.15, 0.2) is 46.7 Å². The highest BCUT2D eigenvalue weighted by atomic mass is 32.2. The summed E-state index contributed by atoms with van der Waals surface area (Å²) in [6.45, 7) is 0.311. The number of aromatic nitrogens is 2. The molecule has 0 spiro atoms. The Morgan fingerprint density at radius 1 is 1.15 bits per heavy atom. The summed E-state index contributed by atoms with van der Waals surface area (Å²) < 4.78 is 39.3. The van der Waals surface area contributed by atoms with Crippen molar-refractivity contribution in [2.45, 2.75) is 22.6 Å². The van der Waals surface area contributed by atoms with E-state index in [2.05, 4.69) is 9.97 Å². The van der Waals surface area contributed by atoms with Crippen molar-refractivity contribution >= 4 is 11.8 Å². The van der Waals surface area contributed by atoms with Crippen molar-refractivity contribution in [3.63, 3.8) is 0 Å². The molecule has 2 aromatic rings. The van der Waals surface area contributed by atoms with E-state index in [1.165, 1.54) is 18.5 Å². The van der Waals surface area contributed by atoms with Crippen LogP contribution in [0.25, 0.3) is 0 Å². The van der Waals surface area contributed by atoms with E-state index in [1.54, 1.807) is 12.1 Å². The molecule has 7 heteroatoms. The zero-order chi connectivity index (χ0) is 14.6. The maximum absolute atomic E-state index is 13.1. The molecule has 0 saturated heterocycles. The molecule has 20 heavy (non-hydrogen) atoms. The smallest absolute Gasteiger partial charge is 0.330 e. The van der Waals surface area contributed by atoms with Gasteiger partial charge >= 0.3 is 6.18 Å². The van der Waals surface area contributed by atoms with Gasteiger partial charge in [-0.1, -0.05) is 6.07 Å². The molecule has 0 aliphatic heterocycles. The number of hydrogen-bond donors (Lipinski definition) is 1. The largest absolute Gasteiger partial charge is 0.417 e. The number of hydrogen-bond acceptors (Lipinski definition) is 4. The molecule has 0 amide bonds. The minimum absolute atomic E-state index is 0.0875. The van der Waals surface area contributed by atoms with Crippen molar-refractivity contribution in [3.8, 4) is 0 Å². The third kappa shape index (κ3) is 3.71. The van der Waals surface area contributed by atoms with E-state index in [4.69, 9.17) is 5.73 Å². The van der Waals surface area contributed by atoms with Crippen LogP contribution in [-0.2, 0) is 12.6 Å². The molecule has 0 radical (unpaired) electrons. The second-order valence-electron chi connectivity index (χ2n) is 4.00. The zero-order valence-electron chi connectivity index (χ0n) is 10.4. The molecule has 0 aliphatic rings. The third-order valence-electron chi connectivity index (χ3n) is 2.53. The van der Waals surface area contributed by atoms with Gasteiger partial charge in [-0.3, -0.25) is 0 Å². The minimum atomic E-state index is -4.41. The first-order chi connectivity index (χ1) is 9.50. The van der Waals surface area contributed by atoms with Crippen molar-refractivity contribution in [1.82, 2.24) is 9.97 Å². The van der Waals surface area contributed by atoms with Crippen LogP contribution < -0.4 is 5.73 Å².